The van der Waals surface area contributed by atoms with E-state index in [2.05, 4.69) is 16.7 Å². The van der Waals surface area contributed by atoms with Gasteiger partial charge in [-0.15, -0.1) is 12.4 Å². The summed E-state index contributed by atoms with van der Waals surface area (Å²) >= 11 is 0. The van der Waals surface area contributed by atoms with Crippen LogP contribution in [0, 0.1) is 6.92 Å². The first-order valence-corrected chi connectivity index (χ1v) is 7.57. The molecule has 2 rings (SSSR count). The fourth-order valence-electron chi connectivity index (χ4n) is 2.32. The van der Waals surface area contributed by atoms with Crippen LogP contribution in [0.3, 0.4) is 0 Å². The molecular weight excluding hydrogens is 332 g/mol. The Morgan fingerprint density at radius 1 is 1.50 bits per heavy atom. The van der Waals surface area contributed by atoms with Crippen LogP contribution in [0.25, 0.3) is 11.0 Å². The van der Waals surface area contributed by atoms with Crippen molar-refractivity contribution in [3.63, 3.8) is 0 Å². The molecule has 0 aliphatic carbocycles. The number of anilines is 1. The third-order valence-electron chi connectivity index (χ3n) is 3.41. The normalized spacial score (nSPS) is 10.4. The highest BCUT2D eigenvalue weighted by Crippen LogP contribution is 2.26. The lowest BCUT2D eigenvalue weighted by Gasteiger charge is -2.10. The summed E-state index contributed by atoms with van der Waals surface area (Å²) in [7, 11) is 0. The Balaban J connectivity index is 0.00000288. The zero-order valence-corrected chi connectivity index (χ0v) is 14.8. The highest BCUT2D eigenvalue weighted by atomic mass is 35.5. The highest BCUT2D eigenvalue weighted by Gasteiger charge is 2.20. The standard InChI is InChI=1S/C16H22N4O3.ClH/c1-4-8-23-16(21)13-11(3)19-15-12(14(13)17)10-18-20(15)7-6-9-22-5-2;/h4,10H,1,5-9H2,2-3H3,(H2,17,19);1H. The predicted molar refractivity (Wildman–Crippen MR) is 95.5 cm³/mol. The molecule has 0 aromatic carbocycles. The van der Waals surface area contributed by atoms with Gasteiger partial charge in [-0.25, -0.2) is 14.5 Å². The molecule has 0 radical (unpaired) electrons. The quantitative estimate of drug-likeness (QED) is 0.445. The molecule has 2 aromatic heterocycles. The van der Waals surface area contributed by atoms with Crippen LogP contribution in [0.4, 0.5) is 5.69 Å². The van der Waals surface area contributed by atoms with E-state index in [1.54, 1.807) is 17.8 Å². The predicted octanol–water partition coefficient (Wildman–Crippen LogP) is 2.51. The number of carbonyl (C=O) groups is 1. The van der Waals surface area contributed by atoms with Gasteiger partial charge in [-0.05, 0) is 20.3 Å². The second kappa shape index (κ2) is 9.24. The molecule has 0 spiro atoms. The van der Waals surface area contributed by atoms with Crippen molar-refractivity contribution in [1.82, 2.24) is 14.8 Å². The maximum Gasteiger partial charge on any atom is 0.342 e. The Labute approximate surface area is 147 Å². The molecule has 0 saturated heterocycles. The molecule has 0 fully saturated rings. The fourth-order valence-corrected chi connectivity index (χ4v) is 2.32. The van der Waals surface area contributed by atoms with Crippen LogP contribution in [-0.4, -0.2) is 40.6 Å². The van der Waals surface area contributed by atoms with Crippen LogP contribution in [0.2, 0.25) is 0 Å². The number of rotatable bonds is 8. The molecule has 0 atom stereocenters. The van der Waals surface area contributed by atoms with Crippen LogP contribution in [0.5, 0.6) is 0 Å². The second-order valence-corrected chi connectivity index (χ2v) is 5.03. The number of hydrogen-bond donors (Lipinski definition) is 1. The summed E-state index contributed by atoms with van der Waals surface area (Å²) < 4.78 is 12.2. The first-order valence-electron chi connectivity index (χ1n) is 7.57. The van der Waals surface area contributed by atoms with E-state index in [-0.39, 0.29) is 24.6 Å². The molecule has 8 heteroatoms. The van der Waals surface area contributed by atoms with E-state index < -0.39 is 5.97 Å². The number of aromatic nitrogens is 3. The molecule has 0 aliphatic rings. The number of halogens is 1. The molecule has 0 bridgehead atoms. The van der Waals surface area contributed by atoms with Gasteiger partial charge < -0.3 is 15.2 Å². The Kier molecular flexibility index (Phi) is 7.67. The number of pyridine rings is 1. The molecule has 0 amide bonds. The van der Waals surface area contributed by atoms with Gasteiger partial charge in [0.05, 0.1) is 23.0 Å². The number of ether oxygens (including phenoxy) is 2. The van der Waals surface area contributed by atoms with E-state index in [1.165, 1.54) is 6.08 Å². The topological polar surface area (TPSA) is 92.3 Å². The number of hydrogen-bond acceptors (Lipinski definition) is 6. The van der Waals surface area contributed by atoms with Gasteiger partial charge in [0.25, 0.3) is 0 Å². The summed E-state index contributed by atoms with van der Waals surface area (Å²) in [5.41, 5.74) is 7.96. The Bertz CT molecular complexity index is 715. The van der Waals surface area contributed by atoms with Crippen molar-refractivity contribution in [2.45, 2.75) is 26.8 Å². The number of nitrogens with zero attached hydrogens (tertiary/aromatic N) is 3. The van der Waals surface area contributed by atoms with Crippen molar-refractivity contribution in [2.75, 3.05) is 25.6 Å². The zero-order valence-electron chi connectivity index (χ0n) is 13.9. The first-order chi connectivity index (χ1) is 11.1. The van der Waals surface area contributed by atoms with E-state index in [9.17, 15) is 4.79 Å². The molecular formula is C16H23ClN4O3. The van der Waals surface area contributed by atoms with Crippen molar-refractivity contribution < 1.29 is 14.3 Å². The van der Waals surface area contributed by atoms with Gasteiger partial charge in [-0.1, -0.05) is 12.7 Å². The lowest BCUT2D eigenvalue weighted by atomic mass is 10.1. The van der Waals surface area contributed by atoms with Crippen LogP contribution < -0.4 is 5.73 Å². The Morgan fingerprint density at radius 3 is 2.92 bits per heavy atom. The van der Waals surface area contributed by atoms with E-state index in [1.807, 2.05) is 6.92 Å². The highest BCUT2D eigenvalue weighted by molar-refractivity contribution is 6.04. The first kappa shape index (κ1) is 19.9. The van der Waals surface area contributed by atoms with Crippen LogP contribution in [-0.2, 0) is 16.0 Å². The van der Waals surface area contributed by atoms with Crippen molar-refractivity contribution >= 4 is 35.1 Å². The van der Waals surface area contributed by atoms with E-state index in [0.29, 0.717) is 42.2 Å². The molecule has 2 aromatic rings. The SMILES string of the molecule is C=CCOC(=O)c1c(C)nc2c(cnn2CCCOCC)c1N.Cl. The monoisotopic (exact) mass is 354 g/mol. The number of esters is 1. The number of nitrogen functional groups attached to an aromatic ring is 1. The van der Waals surface area contributed by atoms with E-state index >= 15 is 0 Å². The van der Waals surface area contributed by atoms with Crippen molar-refractivity contribution in [3.8, 4) is 0 Å². The zero-order chi connectivity index (χ0) is 16.8. The molecule has 2 N–H and O–H groups in total. The summed E-state index contributed by atoms with van der Waals surface area (Å²) in [6.45, 7) is 9.38. The molecule has 0 saturated carbocycles. The van der Waals surface area contributed by atoms with Crippen LogP contribution >= 0.6 is 12.4 Å². The maximum absolute atomic E-state index is 12.1. The number of carbonyl (C=O) groups excluding carboxylic acids is 1. The van der Waals surface area contributed by atoms with Crippen LogP contribution in [0.1, 0.15) is 29.4 Å². The van der Waals surface area contributed by atoms with Gasteiger partial charge in [0.1, 0.15) is 12.2 Å². The van der Waals surface area contributed by atoms with Crippen molar-refractivity contribution in [2.24, 2.45) is 0 Å². The van der Waals surface area contributed by atoms with Gasteiger partial charge in [0.15, 0.2) is 5.65 Å². The summed E-state index contributed by atoms with van der Waals surface area (Å²) in [4.78, 5) is 16.6. The average molecular weight is 355 g/mol. The van der Waals surface area contributed by atoms with Gasteiger partial charge >= 0.3 is 5.97 Å². The Morgan fingerprint density at radius 2 is 2.25 bits per heavy atom. The largest absolute Gasteiger partial charge is 0.458 e. The van der Waals surface area contributed by atoms with Crippen LogP contribution in [0.15, 0.2) is 18.9 Å². The minimum atomic E-state index is -0.501. The van der Waals surface area contributed by atoms with Gasteiger partial charge in [-0.3, -0.25) is 0 Å². The molecule has 0 unspecified atom stereocenters. The van der Waals surface area contributed by atoms with E-state index in [0.717, 1.165) is 6.42 Å². The number of nitrogens with two attached hydrogens (primary N) is 1. The number of fused-ring (bicyclic) bond motifs is 1. The minimum absolute atomic E-state index is 0. The molecule has 7 nitrogen and oxygen atoms in total. The fraction of sp³-hybridized carbons (Fsp3) is 0.438. The summed E-state index contributed by atoms with van der Waals surface area (Å²) in [6, 6.07) is 0. The minimum Gasteiger partial charge on any atom is -0.458 e. The van der Waals surface area contributed by atoms with Gasteiger partial charge in [-0.2, -0.15) is 5.10 Å². The third kappa shape index (κ3) is 4.24. The molecule has 132 valence electrons. The number of aryl methyl sites for hydroxylation is 2. The molecule has 0 aliphatic heterocycles. The average Bonchev–Trinajstić information content (AvgIpc) is 2.92. The summed E-state index contributed by atoms with van der Waals surface area (Å²) in [6.07, 6.45) is 3.96. The van der Waals surface area contributed by atoms with Crippen molar-refractivity contribution in [3.05, 3.63) is 30.1 Å². The molecule has 2 heterocycles. The lowest BCUT2D eigenvalue weighted by molar-refractivity contribution is 0.0550. The lowest BCUT2D eigenvalue weighted by Crippen LogP contribution is -2.13. The van der Waals surface area contributed by atoms with E-state index in [4.69, 9.17) is 15.2 Å². The van der Waals surface area contributed by atoms with Crippen molar-refractivity contribution in [1.29, 1.82) is 0 Å². The Hall–Kier alpha value is -2.12. The summed E-state index contributed by atoms with van der Waals surface area (Å²) in [5, 5.41) is 4.96. The van der Waals surface area contributed by atoms with Gasteiger partial charge in [0.2, 0.25) is 0 Å². The molecule has 24 heavy (non-hydrogen) atoms. The third-order valence-corrected chi connectivity index (χ3v) is 3.41. The maximum atomic E-state index is 12.1. The smallest absolute Gasteiger partial charge is 0.342 e. The second-order valence-electron chi connectivity index (χ2n) is 5.03. The van der Waals surface area contributed by atoms with Gasteiger partial charge in [0, 0.05) is 19.8 Å². The summed E-state index contributed by atoms with van der Waals surface area (Å²) in [5.74, 6) is -0.501.